The number of unbranched alkanes of at least 4 members (excludes halogenated alkanes) is 1. The molecule has 0 radical (unpaired) electrons. The lowest BCUT2D eigenvalue weighted by atomic mass is 9.71. The number of allylic oxidation sites excluding steroid dienone is 4. The number of rotatable bonds is 11. The molecule has 178 valence electrons. The molecule has 1 saturated carbocycles. The molecule has 1 nitrogen and oxygen atoms in total. The Morgan fingerprint density at radius 1 is 0.938 bits per heavy atom. The van der Waals surface area contributed by atoms with Crippen molar-refractivity contribution in [1.29, 1.82) is 0 Å². The van der Waals surface area contributed by atoms with Gasteiger partial charge in [-0.1, -0.05) is 56.6 Å². The van der Waals surface area contributed by atoms with Gasteiger partial charge in [-0.3, -0.25) is 0 Å². The number of ether oxygens (including phenoxy) is 1. The summed E-state index contributed by atoms with van der Waals surface area (Å²) >= 11 is 0. The van der Waals surface area contributed by atoms with Crippen LogP contribution in [0.5, 0.6) is 5.75 Å². The van der Waals surface area contributed by atoms with Crippen LogP contribution in [0.2, 0.25) is 0 Å². The molecule has 1 fully saturated rings. The zero-order valence-corrected chi connectivity index (χ0v) is 20.2. The Kier molecular flexibility index (Phi) is 10.3. The summed E-state index contributed by atoms with van der Waals surface area (Å²) in [6.07, 6.45) is 21.9. The highest BCUT2D eigenvalue weighted by Gasteiger charge is 2.27. The molecule has 2 aliphatic rings. The van der Waals surface area contributed by atoms with Crippen LogP contribution in [0.25, 0.3) is 0 Å². The number of hydrogen-bond acceptors (Lipinski definition) is 1. The van der Waals surface area contributed by atoms with Gasteiger partial charge in [-0.2, -0.15) is 4.39 Å². The molecule has 32 heavy (non-hydrogen) atoms. The van der Waals surface area contributed by atoms with E-state index in [0.717, 1.165) is 31.1 Å². The average Bonchev–Trinajstić information content (AvgIpc) is 2.82. The highest BCUT2D eigenvalue weighted by Crippen LogP contribution is 2.40. The third-order valence-electron chi connectivity index (χ3n) is 7.47. The van der Waals surface area contributed by atoms with Crippen molar-refractivity contribution < 1.29 is 13.5 Å². The molecule has 0 saturated heterocycles. The number of aryl methyl sites for hydroxylation is 1. The predicted octanol–water partition coefficient (Wildman–Crippen LogP) is 8.97. The minimum absolute atomic E-state index is 0.0297. The Hall–Kier alpha value is -1.64. The molecule has 0 amide bonds. The number of benzene rings is 1. The van der Waals surface area contributed by atoms with Crippen molar-refractivity contribution in [2.24, 2.45) is 17.8 Å². The van der Waals surface area contributed by atoms with Crippen molar-refractivity contribution in [1.82, 2.24) is 0 Å². The first-order valence-corrected chi connectivity index (χ1v) is 13.1. The van der Waals surface area contributed by atoms with E-state index in [1.54, 1.807) is 17.7 Å². The van der Waals surface area contributed by atoms with Crippen LogP contribution in [0.3, 0.4) is 0 Å². The molecule has 0 aromatic heterocycles. The van der Waals surface area contributed by atoms with Crippen LogP contribution in [-0.4, -0.2) is 6.61 Å². The van der Waals surface area contributed by atoms with E-state index in [1.807, 2.05) is 6.92 Å². The van der Waals surface area contributed by atoms with E-state index < -0.39 is 11.6 Å². The lowest BCUT2D eigenvalue weighted by molar-refractivity contribution is 0.209. The largest absolute Gasteiger partial charge is 0.490 e. The van der Waals surface area contributed by atoms with Crippen LogP contribution in [0.4, 0.5) is 8.78 Å². The van der Waals surface area contributed by atoms with Gasteiger partial charge >= 0.3 is 0 Å². The van der Waals surface area contributed by atoms with Crippen molar-refractivity contribution >= 4 is 0 Å². The van der Waals surface area contributed by atoms with Crippen LogP contribution >= 0.6 is 0 Å². The highest BCUT2D eigenvalue weighted by molar-refractivity contribution is 5.31. The number of hydrogen-bond donors (Lipinski definition) is 0. The molecule has 3 heteroatoms. The average molecular weight is 445 g/mol. The normalized spacial score (nSPS) is 24.0. The monoisotopic (exact) mass is 444 g/mol. The summed E-state index contributed by atoms with van der Waals surface area (Å²) in [5.41, 5.74) is 2.13. The topological polar surface area (TPSA) is 9.23 Å². The smallest absolute Gasteiger partial charge is 0.200 e. The molecule has 0 N–H and O–H groups in total. The van der Waals surface area contributed by atoms with E-state index >= 15 is 0 Å². The van der Waals surface area contributed by atoms with Gasteiger partial charge in [0.1, 0.15) is 0 Å². The van der Waals surface area contributed by atoms with Crippen molar-refractivity contribution in [2.45, 2.75) is 97.3 Å². The molecular formula is C29H42F2O. The minimum Gasteiger partial charge on any atom is -0.490 e. The van der Waals surface area contributed by atoms with Crippen molar-refractivity contribution in [3.8, 4) is 5.75 Å². The molecular weight excluding hydrogens is 402 g/mol. The summed E-state index contributed by atoms with van der Waals surface area (Å²) in [5.74, 6) is 0.873. The van der Waals surface area contributed by atoms with E-state index in [1.165, 1.54) is 57.8 Å². The fourth-order valence-electron chi connectivity index (χ4n) is 5.42. The summed E-state index contributed by atoms with van der Waals surface area (Å²) in [5, 5.41) is 0. The summed E-state index contributed by atoms with van der Waals surface area (Å²) < 4.78 is 33.9. The fraction of sp³-hybridized carbons (Fsp3) is 0.655. The maximum atomic E-state index is 14.4. The molecule has 3 rings (SSSR count). The summed E-state index contributed by atoms with van der Waals surface area (Å²) in [6.45, 7) is 4.74. The zero-order chi connectivity index (χ0) is 22.8. The third kappa shape index (κ3) is 7.18. The number of halogens is 2. The second kappa shape index (κ2) is 13.2. The second-order valence-corrected chi connectivity index (χ2v) is 9.84. The van der Waals surface area contributed by atoms with E-state index in [-0.39, 0.29) is 5.75 Å². The lowest BCUT2D eigenvalue weighted by Crippen LogP contribution is -2.22. The molecule has 0 aliphatic heterocycles. The quantitative estimate of drug-likeness (QED) is 0.244. The van der Waals surface area contributed by atoms with Gasteiger partial charge in [-0.15, -0.1) is 0 Å². The Bertz CT molecular complexity index is 759. The summed E-state index contributed by atoms with van der Waals surface area (Å²) in [6, 6.07) is 3.24. The van der Waals surface area contributed by atoms with E-state index in [0.29, 0.717) is 24.5 Å². The SMILES string of the molecule is CCCCOc1ccc(CC/C=C/C2CCC(C3CC=C(CCC)CC3)CC2)c(F)c1F. The molecule has 1 aromatic carbocycles. The maximum Gasteiger partial charge on any atom is 0.200 e. The predicted molar refractivity (Wildman–Crippen MR) is 130 cm³/mol. The third-order valence-corrected chi connectivity index (χ3v) is 7.47. The first-order chi connectivity index (χ1) is 15.6. The molecule has 1 unspecified atom stereocenters. The van der Waals surface area contributed by atoms with Crippen LogP contribution in [0, 0.1) is 29.4 Å². The van der Waals surface area contributed by atoms with Gasteiger partial charge in [0.05, 0.1) is 6.61 Å². The van der Waals surface area contributed by atoms with Crippen LogP contribution < -0.4 is 4.74 Å². The molecule has 0 spiro atoms. The van der Waals surface area contributed by atoms with Crippen LogP contribution in [0.15, 0.2) is 35.9 Å². The Morgan fingerprint density at radius 2 is 1.75 bits per heavy atom. The first-order valence-electron chi connectivity index (χ1n) is 13.1. The van der Waals surface area contributed by atoms with Crippen LogP contribution in [-0.2, 0) is 6.42 Å². The van der Waals surface area contributed by atoms with Gasteiger partial charge in [0.25, 0.3) is 0 Å². The van der Waals surface area contributed by atoms with Crippen molar-refractivity contribution in [2.75, 3.05) is 6.61 Å². The van der Waals surface area contributed by atoms with Crippen molar-refractivity contribution in [3.05, 3.63) is 53.1 Å². The first kappa shape index (κ1) is 25.0. The zero-order valence-electron chi connectivity index (χ0n) is 20.2. The molecule has 1 aromatic rings. The van der Waals surface area contributed by atoms with Gasteiger partial charge in [0.15, 0.2) is 11.6 Å². The lowest BCUT2D eigenvalue weighted by Gasteiger charge is -2.34. The Labute approximate surface area is 194 Å². The van der Waals surface area contributed by atoms with E-state index in [2.05, 4.69) is 25.2 Å². The molecule has 2 aliphatic carbocycles. The standard InChI is InChI=1S/C29H42F2O/c1-3-5-21-32-27-20-19-26(28(30)29(27)31)10-7-6-9-23-13-17-25(18-14-23)24-15-11-22(8-4-2)12-16-24/h6,9,11,19-20,23-25H,3-5,7-8,10,12-18,21H2,1-2H3/b9-6+. The van der Waals surface area contributed by atoms with Gasteiger partial charge in [0, 0.05) is 0 Å². The minimum atomic E-state index is -0.847. The van der Waals surface area contributed by atoms with E-state index in [4.69, 9.17) is 4.74 Å². The molecule has 0 bridgehead atoms. The van der Waals surface area contributed by atoms with Gasteiger partial charge in [-0.05, 0) is 100 Å². The molecule has 0 heterocycles. The molecule has 1 atom stereocenters. The Balaban J connectivity index is 1.39. The summed E-state index contributed by atoms with van der Waals surface area (Å²) in [7, 11) is 0. The maximum absolute atomic E-state index is 14.4. The summed E-state index contributed by atoms with van der Waals surface area (Å²) in [4.78, 5) is 0. The van der Waals surface area contributed by atoms with E-state index in [9.17, 15) is 8.78 Å². The Morgan fingerprint density at radius 3 is 2.44 bits per heavy atom. The second-order valence-electron chi connectivity index (χ2n) is 9.84. The van der Waals surface area contributed by atoms with Gasteiger partial charge in [-0.25, -0.2) is 4.39 Å². The van der Waals surface area contributed by atoms with Gasteiger partial charge in [0.2, 0.25) is 5.82 Å². The van der Waals surface area contributed by atoms with Crippen molar-refractivity contribution in [3.63, 3.8) is 0 Å². The van der Waals surface area contributed by atoms with Gasteiger partial charge < -0.3 is 4.74 Å². The fourth-order valence-corrected chi connectivity index (χ4v) is 5.42. The van der Waals surface area contributed by atoms with Crippen LogP contribution in [0.1, 0.15) is 96.5 Å². The highest BCUT2D eigenvalue weighted by atomic mass is 19.2.